The zero-order valence-electron chi connectivity index (χ0n) is 16.4. The van der Waals surface area contributed by atoms with E-state index in [-0.39, 0.29) is 17.2 Å². The molecule has 3 rings (SSSR count). The highest BCUT2D eigenvalue weighted by atomic mass is 32.1. The Labute approximate surface area is 167 Å². The average molecular weight is 399 g/mol. The molecule has 8 heteroatoms. The smallest absolute Gasteiger partial charge is 0.270 e. The lowest BCUT2D eigenvalue weighted by atomic mass is 10.1. The van der Waals surface area contributed by atoms with Gasteiger partial charge in [-0.2, -0.15) is 0 Å². The first-order valence-electron chi connectivity index (χ1n) is 9.00. The Bertz CT molecular complexity index is 1050. The molecular weight excluding hydrogens is 376 g/mol. The lowest BCUT2D eigenvalue weighted by Gasteiger charge is -2.20. The van der Waals surface area contributed by atoms with Crippen molar-refractivity contribution in [2.75, 3.05) is 32.1 Å². The number of carbonyl (C=O) groups excluding carboxylic acids is 1. The average Bonchev–Trinajstić information content (AvgIpc) is 3.09. The zero-order valence-corrected chi connectivity index (χ0v) is 17.2. The number of hydrogen-bond acceptors (Lipinski definition) is 5. The number of aryl methyl sites for hydroxylation is 2. The number of rotatable bonds is 6. The van der Waals surface area contributed by atoms with Crippen LogP contribution in [0.2, 0.25) is 0 Å². The molecule has 0 aliphatic carbocycles. The summed E-state index contributed by atoms with van der Waals surface area (Å²) in [4.78, 5) is 31.4. The maximum atomic E-state index is 13.2. The molecule has 0 aliphatic heterocycles. The maximum absolute atomic E-state index is 13.2. The third kappa shape index (κ3) is 4.02. The minimum Gasteiger partial charge on any atom is -0.338 e. The van der Waals surface area contributed by atoms with Gasteiger partial charge in [0.1, 0.15) is 0 Å². The van der Waals surface area contributed by atoms with E-state index in [0.717, 1.165) is 27.9 Å². The summed E-state index contributed by atoms with van der Waals surface area (Å²) < 4.78 is 1.02. The highest BCUT2D eigenvalue weighted by Crippen LogP contribution is 2.32. The summed E-state index contributed by atoms with van der Waals surface area (Å²) in [5.41, 5.74) is 3.34. The Balaban J connectivity index is 2.04. The lowest BCUT2D eigenvalue weighted by Crippen LogP contribution is -3.06. The molecule has 0 unspecified atom stereocenters. The van der Waals surface area contributed by atoms with E-state index in [2.05, 4.69) is 6.07 Å². The number of nitrogens with zero attached hydrogens (tertiary/aromatic N) is 3. The molecule has 0 bridgehead atoms. The van der Waals surface area contributed by atoms with Gasteiger partial charge >= 0.3 is 0 Å². The number of likely N-dealkylation sites (N-methyl/N-ethyl adjacent to an activating group) is 1. The van der Waals surface area contributed by atoms with Gasteiger partial charge in [-0.1, -0.05) is 23.5 Å². The summed E-state index contributed by atoms with van der Waals surface area (Å²) >= 11 is 1.46. The fraction of sp³-hybridized carbons (Fsp3) is 0.300. The Morgan fingerprint density at radius 3 is 2.68 bits per heavy atom. The molecule has 1 heterocycles. The molecule has 2 aromatic carbocycles. The lowest BCUT2D eigenvalue weighted by molar-refractivity contribution is -0.856. The van der Waals surface area contributed by atoms with Crippen LogP contribution in [0.3, 0.4) is 0 Å². The van der Waals surface area contributed by atoms with Gasteiger partial charge in [-0.05, 0) is 37.1 Å². The zero-order chi connectivity index (χ0) is 20.4. The van der Waals surface area contributed by atoms with Crippen LogP contribution in [0, 0.1) is 24.0 Å². The van der Waals surface area contributed by atoms with Crippen LogP contribution < -0.4 is 9.80 Å². The number of nitrogens with one attached hydrogen (secondary N) is 1. The van der Waals surface area contributed by atoms with Gasteiger partial charge in [-0.3, -0.25) is 19.8 Å². The normalized spacial score (nSPS) is 11.2. The van der Waals surface area contributed by atoms with Crippen molar-refractivity contribution >= 4 is 38.3 Å². The molecule has 7 nitrogen and oxygen atoms in total. The number of non-ortho nitro benzene ring substituents is 1. The predicted octanol–water partition coefficient (Wildman–Crippen LogP) is 2.61. The number of anilines is 1. The molecule has 0 radical (unpaired) electrons. The molecule has 146 valence electrons. The molecule has 1 N–H and O–H groups in total. The van der Waals surface area contributed by atoms with Crippen LogP contribution in [0.1, 0.15) is 21.5 Å². The van der Waals surface area contributed by atoms with Crippen molar-refractivity contribution in [3.8, 4) is 0 Å². The van der Waals surface area contributed by atoms with E-state index in [9.17, 15) is 14.9 Å². The van der Waals surface area contributed by atoms with Gasteiger partial charge in [-0.15, -0.1) is 0 Å². The summed E-state index contributed by atoms with van der Waals surface area (Å²) in [5, 5.41) is 11.7. The van der Waals surface area contributed by atoms with Crippen molar-refractivity contribution in [2.24, 2.45) is 0 Å². The second-order valence-electron chi connectivity index (χ2n) is 7.07. The number of hydrogen-bond donors (Lipinski definition) is 1. The molecular formula is C20H23N4O3S+. The number of fused-ring (bicyclic) bond motifs is 1. The summed E-state index contributed by atoms with van der Waals surface area (Å²) in [6, 6.07) is 9.91. The fourth-order valence-corrected chi connectivity index (χ4v) is 3.91. The number of amides is 1. The maximum Gasteiger partial charge on any atom is 0.270 e. The first-order chi connectivity index (χ1) is 13.3. The van der Waals surface area contributed by atoms with E-state index in [1.54, 1.807) is 11.0 Å². The molecule has 0 fully saturated rings. The Morgan fingerprint density at radius 1 is 1.25 bits per heavy atom. The fourth-order valence-electron chi connectivity index (χ4n) is 2.86. The molecule has 1 aromatic heterocycles. The standard InChI is InChI=1S/C20H22N4O3S/c1-13-8-9-17-18(14(13)2)21-20(28-17)23(11-10-22(3)4)19(25)15-6-5-7-16(12-15)24(26)27/h5-9,12H,10-11H2,1-4H3/p+1. The van der Waals surface area contributed by atoms with Crippen LogP contribution in [-0.2, 0) is 0 Å². The van der Waals surface area contributed by atoms with Crippen LogP contribution in [-0.4, -0.2) is 43.0 Å². The monoisotopic (exact) mass is 399 g/mol. The Hall–Kier alpha value is -2.84. The number of nitro benzene ring substituents is 1. The predicted molar refractivity (Wildman–Crippen MR) is 112 cm³/mol. The molecule has 1 amide bonds. The van der Waals surface area contributed by atoms with Gasteiger partial charge in [0.25, 0.3) is 11.6 Å². The molecule has 0 saturated heterocycles. The highest BCUT2D eigenvalue weighted by Gasteiger charge is 2.24. The molecule has 0 spiro atoms. The minimum absolute atomic E-state index is 0.0974. The van der Waals surface area contributed by atoms with Crippen molar-refractivity contribution < 1.29 is 14.6 Å². The van der Waals surface area contributed by atoms with Crippen molar-refractivity contribution in [1.29, 1.82) is 0 Å². The van der Waals surface area contributed by atoms with Crippen molar-refractivity contribution in [3.63, 3.8) is 0 Å². The Morgan fingerprint density at radius 2 is 2.00 bits per heavy atom. The highest BCUT2D eigenvalue weighted by molar-refractivity contribution is 7.22. The summed E-state index contributed by atoms with van der Waals surface area (Å²) in [6.45, 7) is 5.27. The van der Waals surface area contributed by atoms with Gasteiger partial charge in [0.05, 0.1) is 42.3 Å². The van der Waals surface area contributed by atoms with Gasteiger partial charge in [0.15, 0.2) is 5.13 Å². The SMILES string of the molecule is Cc1ccc2sc(N(CC[NH+](C)C)C(=O)c3cccc([N+](=O)[O-])c3)nc2c1C. The first-order valence-corrected chi connectivity index (χ1v) is 9.81. The summed E-state index contributed by atoms with van der Waals surface area (Å²) in [7, 11) is 4.03. The van der Waals surface area contributed by atoms with Crippen LogP contribution in [0.25, 0.3) is 10.2 Å². The van der Waals surface area contributed by atoms with Crippen molar-refractivity contribution in [2.45, 2.75) is 13.8 Å². The van der Waals surface area contributed by atoms with Gasteiger partial charge < -0.3 is 4.90 Å². The number of quaternary nitrogens is 1. The number of aromatic nitrogens is 1. The number of carbonyl (C=O) groups is 1. The van der Waals surface area contributed by atoms with E-state index in [1.165, 1.54) is 34.4 Å². The van der Waals surface area contributed by atoms with Crippen molar-refractivity contribution in [1.82, 2.24) is 4.98 Å². The van der Waals surface area contributed by atoms with E-state index < -0.39 is 4.92 Å². The number of benzene rings is 2. The van der Waals surface area contributed by atoms with Crippen LogP contribution in [0.15, 0.2) is 36.4 Å². The summed E-state index contributed by atoms with van der Waals surface area (Å²) in [5.74, 6) is -0.279. The first kappa shape index (κ1) is 19.9. The van der Waals surface area contributed by atoms with Crippen LogP contribution >= 0.6 is 11.3 Å². The summed E-state index contributed by atoms with van der Waals surface area (Å²) in [6.07, 6.45) is 0. The molecule has 0 saturated carbocycles. The molecule has 0 aliphatic rings. The largest absolute Gasteiger partial charge is 0.338 e. The van der Waals surface area contributed by atoms with Gasteiger partial charge in [0.2, 0.25) is 0 Å². The third-order valence-electron chi connectivity index (χ3n) is 4.69. The Kier molecular flexibility index (Phi) is 5.71. The molecule has 3 aromatic rings. The van der Waals surface area contributed by atoms with E-state index in [4.69, 9.17) is 4.98 Å². The minimum atomic E-state index is -0.491. The quantitative estimate of drug-likeness (QED) is 0.510. The topological polar surface area (TPSA) is 80.8 Å². The van der Waals surface area contributed by atoms with Crippen molar-refractivity contribution in [3.05, 3.63) is 63.2 Å². The van der Waals surface area contributed by atoms with Gasteiger partial charge in [0, 0.05) is 17.7 Å². The third-order valence-corrected chi connectivity index (χ3v) is 5.73. The number of nitro groups is 1. The van der Waals surface area contributed by atoms with Crippen LogP contribution in [0.4, 0.5) is 10.8 Å². The van der Waals surface area contributed by atoms with Crippen LogP contribution in [0.5, 0.6) is 0 Å². The molecule has 28 heavy (non-hydrogen) atoms. The van der Waals surface area contributed by atoms with E-state index >= 15 is 0 Å². The van der Waals surface area contributed by atoms with Gasteiger partial charge in [-0.25, -0.2) is 4.98 Å². The second-order valence-corrected chi connectivity index (χ2v) is 8.08. The van der Waals surface area contributed by atoms with E-state index in [1.807, 2.05) is 34.0 Å². The molecule has 0 atom stereocenters. The second kappa shape index (κ2) is 8.04. The van der Waals surface area contributed by atoms with E-state index in [0.29, 0.717) is 11.7 Å². The number of thiazole rings is 1.